The van der Waals surface area contributed by atoms with Crippen LogP contribution in [0.3, 0.4) is 0 Å². The van der Waals surface area contributed by atoms with E-state index < -0.39 is 0 Å². The van der Waals surface area contributed by atoms with Crippen molar-refractivity contribution in [3.63, 3.8) is 0 Å². The molecule has 0 amide bonds. The van der Waals surface area contributed by atoms with Gasteiger partial charge in [0, 0.05) is 5.25 Å². The summed E-state index contributed by atoms with van der Waals surface area (Å²) < 4.78 is 0. The molecule has 11 heavy (non-hydrogen) atoms. The first-order valence-electron chi connectivity index (χ1n) is 4.61. The van der Waals surface area contributed by atoms with Gasteiger partial charge in [0.2, 0.25) is 0 Å². The van der Waals surface area contributed by atoms with E-state index in [4.69, 9.17) is 0 Å². The Balaban J connectivity index is 2.03. The van der Waals surface area contributed by atoms with Gasteiger partial charge in [-0.1, -0.05) is 19.4 Å². The van der Waals surface area contributed by atoms with E-state index in [0.29, 0.717) is 0 Å². The third-order valence-corrected chi connectivity index (χ3v) is 4.24. The van der Waals surface area contributed by atoms with Crippen LogP contribution in [0.4, 0.5) is 0 Å². The summed E-state index contributed by atoms with van der Waals surface area (Å²) in [5, 5.41) is 0.943. The second kappa shape index (κ2) is 2.85. The van der Waals surface area contributed by atoms with Crippen LogP contribution in [0, 0.1) is 11.8 Å². The molecule has 2 rings (SSSR count). The Kier molecular flexibility index (Phi) is 2.00. The van der Waals surface area contributed by atoms with E-state index in [9.17, 15) is 0 Å². The summed E-state index contributed by atoms with van der Waals surface area (Å²) in [5.41, 5.74) is 0. The van der Waals surface area contributed by atoms with Gasteiger partial charge in [-0.3, -0.25) is 0 Å². The van der Waals surface area contributed by atoms with Crippen molar-refractivity contribution in [1.29, 1.82) is 0 Å². The molecule has 1 aliphatic heterocycles. The molecule has 0 bridgehead atoms. The molecule has 0 aromatic rings. The van der Waals surface area contributed by atoms with Gasteiger partial charge in [-0.2, -0.15) is 0 Å². The van der Waals surface area contributed by atoms with E-state index in [-0.39, 0.29) is 0 Å². The zero-order valence-electron chi connectivity index (χ0n) is 7.34. The number of hydrogen-bond acceptors (Lipinski definition) is 1. The van der Waals surface area contributed by atoms with Gasteiger partial charge in [0.05, 0.1) is 0 Å². The molecule has 1 saturated carbocycles. The smallest absolute Gasteiger partial charge is 0.0157 e. The first kappa shape index (κ1) is 7.72. The van der Waals surface area contributed by atoms with Gasteiger partial charge in [0.15, 0.2) is 0 Å². The molecule has 0 N–H and O–H groups in total. The van der Waals surface area contributed by atoms with Gasteiger partial charge < -0.3 is 0 Å². The summed E-state index contributed by atoms with van der Waals surface area (Å²) in [6.07, 6.45) is 6.83. The molecule has 3 unspecified atom stereocenters. The Morgan fingerprint density at radius 3 is 3.09 bits per heavy atom. The van der Waals surface area contributed by atoms with Crippen molar-refractivity contribution in [2.45, 2.75) is 38.4 Å². The highest BCUT2D eigenvalue weighted by atomic mass is 32.2. The second-order valence-electron chi connectivity index (χ2n) is 4.02. The average molecular weight is 168 g/mol. The average Bonchev–Trinajstić information content (AvgIpc) is 2.27. The molecule has 0 spiro atoms. The topological polar surface area (TPSA) is 0 Å². The number of thioether (sulfide) groups is 1. The first-order chi connectivity index (χ1) is 5.25. The van der Waals surface area contributed by atoms with Crippen molar-refractivity contribution in [2.75, 3.05) is 0 Å². The van der Waals surface area contributed by atoms with Gasteiger partial charge in [-0.15, -0.1) is 11.8 Å². The molecule has 1 heteroatoms. The van der Waals surface area contributed by atoms with E-state index in [2.05, 4.69) is 31.7 Å². The fourth-order valence-corrected chi connectivity index (χ4v) is 3.80. The van der Waals surface area contributed by atoms with Crippen molar-refractivity contribution >= 4 is 11.8 Å². The van der Waals surface area contributed by atoms with Gasteiger partial charge in [0.1, 0.15) is 0 Å². The van der Waals surface area contributed by atoms with Crippen LogP contribution < -0.4 is 0 Å². The zero-order valence-corrected chi connectivity index (χ0v) is 8.16. The monoisotopic (exact) mass is 168 g/mol. The predicted molar refractivity (Wildman–Crippen MR) is 51.6 cm³/mol. The summed E-state index contributed by atoms with van der Waals surface area (Å²) >= 11 is 2.11. The minimum absolute atomic E-state index is 0.927. The Bertz CT molecular complexity index is 183. The lowest BCUT2D eigenvalue weighted by atomic mass is 9.82. The number of fused-ring (bicyclic) bond motifs is 1. The molecular weight excluding hydrogens is 152 g/mol. The van der Waals surface area contributed by atoms with Crippen LogP contribution in [0.1, 0.15) is 33.1 Å². The molecule has 2 aliphatic rings. The molecule has 3 atom stereocenters. The highest BCUT2D eigenvalue weighted by Crippen LogP contribution is 2.45. The molecule has 0 saturated heterocycles. The van der Waals surface area contributed by atoms with Crippen molar-refractivity contribution in [2.24, 2.45) is 11.8 Å². The maximum atomic E-state index is 2.49. The van der Waals surface area contributed by atoms with Gasteiger partial charge in [-0.25, -0.2) is 0 Å². The van der Waals surface area contributed by atoms with Crippen molar-refractivity contribution < 1.29 is 0 Å². The summed E-state index contributed by atoms with van der Waals surface area (Å²) in [7, 11) is 0. The standard InChI is InChI=1S/C10H16S/c1-7-3-4-9-6-8(2)11-10(9)5-7/h6-7,9-10H,3-5H2,1-2H3. The SMILES string of the molecule is CC1=CC2CCC(C)CC2S1. The third kappa shape index (κ3) is 1.48. The Morgan fingerprint density at radius 2 is 2.27 bits per heavy atom. The van der Waals surface area contributed by atoms with E-state index in [0.717, 1.165) is 17.1 Å². The van der Waals surface area contributed by atoms with Gasteiger partial charge in [0.25, 0.3) is 0 Å². The van der Waals surface area contributed by atoms with E-state index in [1.165, 1.54) is 19.3 Å². The second-order valence-corrected chi connectivity index (χ2v) is 5.50. The van der Waals surface area contributed by atoms with Gasteiger partial charge in [-0.05, 0) is 36.5 Å². The van der Waals surface area contributed by atoms with Crippen molar-refractivity contribution in [3.8, 4) is 0 Å². The maximum Gasteiger partial charge on any atom is 0.0157 e. The van der Waals surface area contributed by atoms with Crippen LogP contribution in [-0.2, 0) is 0 Å². The minimum atomic E-state index is 0.927. The largest absolute Gasteiger partial charge is 0.127 e. The highest BCUT2D eigenvalue weighted by molar-refractivity contribution is 8.03. The van der Waals surface area contributed by atoms with Crippen LogP contribution in [0.2, 0.25) is 0 Å². The molecule has 1 aliphatic carbocycles. The lowest BCUT2D eigenvalue weighted by Crippen LogP contribution is -2.21. The third-order valence-electron chi connectivity index (χ3n) is 2.89. The molecule has 1 fully saturated rings. The lowest BCUT2D eigenvalue weighted by molar-refractivity contribution is 0.344. The van der Waals surface area contributed by atoms with E-state index >= 15 is 0 Å². The number of hydrogen-bond donors (Lipinski definition) is 0. The minimum Gasteiger partial charge on any atom is -0.127 e. The van der Waals surface area contributed by atoms with Crippen LogP contribution in [0.25, 0.3) is 0 Å². The molecule has 1 heterocycles. The Hall–Kier alpha value is 0.0900. The normalized spacial score (nSPS) is 43.5. The van der Waals surface area contributed by atoms with Gasteiger partial charge >= 0.3 is 0 Å². The number of rotatable bonds is 0. The molecule has 0 aromatic carbocycles. The lowest BCUT2D eigenvalue weighted by Gasteiger charge is -2.28. The van der Waals surface area contributed by atoms with E-state index in [1.807, 2.05) is 0 Å². The Morgan fingerprint density at radius 1 is 1.45 bits per heavy atom. The Labute approximate surface area is 73.4 Å². The summed E-state index contributed by atoms with van der Waals surface area (Å²) in [4.78, 5) is 1.56. The maximum absolute atomic E-state index is 2.49. The van der Waals surface area contributed by atoms with Crippen molar-refractivity contribution in [3.05, 3.63) is 11.0 Å². The number of allylic oxidation sites excluding steroid dienone is 2. The van der Waals surface area contributed by atoms with E-state index in [1.54, 1.807) is 4.91 Å². The highest BCUT2D eigenvalue weighted by Gasteiger charge is 2.31. The summed E-state index contributed by atoms with van der Waals surface area (Å²) in [6, 6.07) is 0. The summed E-state index contributed by atoms with van der Waals surface area (Å²) in [5.74, 6) is 1.90. The fourth-order valence-electron chi connectivity index (χ4n) is 2.26. The molecule has 0 radical (unpaired) electrons. The molecule has 0 aromatic heterocycles. The zero-order chi connectivity index (χ0) is 7.84. The predicted octanol–water partition coefficient (Wildman–Crippen LogP) is 3.44. The quantitative estimate of drug-likeness (QED) is 0.534. The summed E-state index contributed by atoms with van der Waals surface area (Å²) in [6.45, 7) is 4.65. The molecule has 0 nitrogen and oxygen atoms in total. The van der Waals surface area contributed by atoms with Crippen LogP contribution in [0.15, 0.2) is 11.0 Å². The van der Waals surface area contributed by atoms with Crippen molar-refractivity contribution in [1.82, 2.24) is 0 Å². The molecule has 62 valence electrons. The first-order valence-corrected chi connectivity index (χ1v) is 5.49. The van der Waals surface area contributed by atoms with Crippen LogP contribution >= 0.6 is 11.8 Å². The van der Waals surface area contributed by atoms with Crippen LogP contribution in [0.5, 0.6) is 0 Å². The fraction of sp³-hybridized carbons (Fsp3) is 0.800. The van der Waals surface area contributed by atoms with Crippen LogP contribution in [-0.4, -0.2) is 5.25 Å². The molecular formula is C10H16S.